The molecule has 7 nitrogen and oxygen atoms in total. The number of ether oxygens (including phenoxy) is 3. The zero-order valence-corrected chi connectivity index (χ0v) is 14.1. The Bertz CT molecular complexity index is 674. The van der Waals surface area contributed by atoms with Crippen molar-refractivity contribution < 1.29 is 23.8 Å². The van der Waals surface area contributed by atoms with E-state index in [1.54, 1.807) is 0 Å². The van der Waals surface area contributed by atoms with Gasteiger partial charge in [0.05, 0.1) is 38.3 Å². The van der Waals surface area contributed by atoms with Crippen LogP contribution in [0.25, 0.3) is 0 Å². The van der Waals surface area contributed by atoms with Gasteiger partial charge in [0.2, 0.25) is 11.8 Å². The molecule has 1 N–H and O–H groups in total. The molecule has 3 heterocycles. The van der Waals surface area contributed by atoms with Gasteiger partial charge in [-0.3, -0.25) is 9.59 Å². The Morgan fingerprint density at radius 3 is 2.68 bits per heavy atom. The lowest BCUT2D eigenvalue weighted by Crippen LogP contribution is -2.47. The lowest BCUT2D eigenvalue weighted by molar-refractivity contribution is -0.187. The first-order valence-corrected chi connectivity index (χ1v) is 8.75. The summed E-state index contributed by atoms with van der Waals surface area (Å²) in [5.41, 5.74) is 1.50. The van der Waals surface area contributed by atoms with Gasteiger partial charge in [0.1, 0.15) is 5.75 Å². The second kappa shape index (κ2) is 6.65. The number of amides is 2. The molecule has 134 valence electrons. The van der Waals surface area contributed by atoms with Gasteiger partial charge in [-0.2, -0.15) is 0 Å². The Morgan fingerprint density at radius 2 is 1.92 bits per heavy atom. The number of benzene rings is 1. The van der Waals surface area contributed by atoms with Crippen LogP contribution >= 0.6 is 0 Å². The normalized spacial score (nSPS) is 22.1. The largest absolute Gasteiger partial charge is 0.491 e. The number of anilines is 1. The van der Waals surface area contributed by atoms with Crippen molar-refractivity contribution in [1.82, 2.24) is 4.90 Å². The van der Waals surface area contributed by atoms with Crippen LogP contribution < -0.4 is 10.1 Å². The minimum absolute atomic E-state index is 0.0693. The molecule has 3 aliphatic rings. The van der Waals surface area contributed by atoms with E-state index in [9.17, 15) is 9.59 Å². The van der Waals surface area contributed by atoms with Crippen LogP contribution in [0, 0.1) is 0 Å². The lowest BCUT2D eigenvalue weighted by atomic mass is 10.0. The van der Waals surface area contributed by atoms with Crippen molar-refractivity contribution in [2.45, 2.75) is 31.5 Å². The van der Waals surface area contributed by atoms with Crippen LogP contribution in [0.3, 0.4) is 0 Å². The van der Waals surface area contributed by atoms with E-state index in [1.165, 1.54) is 0 Å². The summed E-state index contributed by atoms with van der Waals surface area (Å²) in [6, 6.07) is 5.52. The Hall–Kier alpha value is -2.12. The molecule has 0 aliphatic carbocycles. The van der Waals surface area contributed by atoms with Crippen LogP contribution in [-0.4, -0.2) is 55.4 Å². The van der Waals surface area contributed by atoms with Crippen molar-refractivity contribution >= 4 is 17.5 Å². The minimum atomic E-state index is -0.470. The maximum Gasteiger partial charge on any atom is 0.227 e. The maximum atomic E-state index is 12.6. The van der Waals surface area contributed by atoms with E-state index < -0.39 is 5.79 Å². The average molecular weight is 346 g/mol. The molecular weight excluding hydrogens is 324 g/mol. The number of carbonyl (C=O) groups is 2. The van der Waals surface area contributed by atoms with E-state index in [4.69, 9.17) is 14.2 Å². The summed E-state index contributed by atoms with van der Waals surface area (Å²) in [5, 5.41) is 2.83. The topological polar surface area (TPSA) is 77.1 Å². The molecule has 2 amide bonds. The van der Waals surface area contributed by atoms with Crippen molar-refractivity contribution in [1.29, 1.82) is 0 Å². The number of likely N-dealkylation sites (tertiary alicyclic amines) is 1. The number of nitrogens with one attached hydrogen (secondary N) is 1. The van der Waals surface area contributed by atoms with Crippen molar-refractivity contribution in [2.24, 2.45) is 0 Å². The van der Waals surface area contributed by atoms with Gasteiger partial charge in [0, 0.05) is 25.9 Å². The van der Waals surface area contributed by atoms with E-state index >= 15 is 0 Å². The number of hydrogen-bond acceptors (Lipinski definition) is 5. The van der Waals surface area contributed by atoms with Crippen molar-refractivity contribution in [3.63, 3.8) is 0 Å². The molecule has 2 fully saturated rings. The first-order valence-electron chi connectivity index (χ1n) is 8.75. The van der Waals surface area contributed by atoms with Gasteiger partial charge in [-0.05, 0) is 17.7 Å². The van der Waals surface area contributed by atoms with Crippen LogP contribution in [0.4, 0.5) is 5.69 Å². The molecule has 0 atom stereocenters. The third kappa shape index (κ3) is 3.48. The fourth-order valence-electron chi connectivity index (χ4n) is 3.55. The zero-order valence-electron chi connectivity index (χ0n) is 14.1. The zero-order chi connectivity index (χ0) is 17.3. The highest BCUT2D eigenvalue weighted by atomic mass is 16.7. The molecule has 1 aromatic rings. The summed E-state index contributed by atoms with van der Waals surface area (Å²) < 4.78 is 16.9. The van der Waals surface area contributed by atoms with Gasteiger partial charge in [0.15, 0.2) is 5.79 Å². The van der Waals surface area contributed by atoms with E-state index in [1.807, 2.05) is 23.1 Å². The van der Waals surface area contributed by atoms with Gasteiger partial charge in [-0.1, -0.05) is 6.07 Å². The predicted molar refractivity (Wildman–Crippen MR) is 89.3 cm³/mol. The van der Waals surface area contributed by atoms with Gasteiger partial charge in [-0.25, -0.2) is 0 Å². The third-order valence-electron chi connectivity index (χ3n) is 4.95. The number of hydrogen-bond donors (Lipinski definition) is 1. The molecule has 1 spiro atoms. The summed E-state index contributed by atoms with van der Waals surface area (Å²) in [6.07, 6.45) is 2.07. The van der Waals surface area contributed by atoms with Crippen LogP contribution in [0.2, 0.25) is 0 Å². The number of carbonyl (C=O) groups excluding carboxylic acids is 2. The van der Waals surface area contributed by atoms with Crippen LogP contribution in [0.15, 0.2) is 18.2 Å². The highest BCUT2D eigenvalue weighted by Crippen LogP contribution is 2.32. The monoisotopic (exact) mass is 346 g/mol. The fraction of sp³-hybridized carbons (Fsp3) is 0.556. The predicted octanol–water partition coefficient (Wildman–Crippen LogP) is 1.32. The Balaban J connectivity index is 1.39. The molecule has 0 unspecified atom stereocenters. The average Bonchev–Trinajstić information content (AvgIpc) is 2.96. The number of fused-ring (bicyclic) bond motifs is 1. The first kappa shape index (κ1) is 16.4. The van der Waals surface area contributed by atoms with E-state index in [2.05, 4.69) is 5.32 Å². The maximum absolute atomic E-state index is 12.6. The van der Waals surface area contributed by atoms with Gasteiger partial charge >= 0.3 is 0 Å². The van der Waals surface area contributed by atoms with Crippen LogP contribution in [0.5, 0.6) is 5.75 Å². The smallest absolute Gasteiger partial charge is 0.227 e. The summed E-state index contributed by atoms with van der Waals surface area (Å²) in [4.78, 5) is 26.1. The minimum Gasteiger partial charge on any atom is -0.491 e. The van der Waals surface area contributed by atoms with Gasteiger partial charge < -0.3 is 24.4 Å². The fourth-order valence-corrected chi connectivity index (χ4v) is 3.55. The molecular formula is C18H22N2O5. The molecule has 1 aromatic carbocycles. The number of rotatable bonds is 2. The third-order valence-corrected chi connectivity index (χ3v) is 4.95. The molecule has 0 bridgehead atoms. The SMILES string of the molecule is O=C1CCOc2ccc(CC(=O)N3CCC4(CC3)OCCO4)cc2N1. The molecule has 4 rings (SSSR count). The molecule has 7 heteroatoms. The van der Waals surface area contributed by atoms with Crippen LogP contribution in [0.1, 0.15) is 24.8 Å². The van der Waals surface area contributed by atoms with Crippen molar-refractivity contribution in [3.8, 4) is 5.75 Å². The van der Waals surface area contributed by atoms with Gasteiger partial charge in [-0.15, -0.1) is 0 Å². The highest BCUT2D eigenvalue weighted by Gasteiger charge is 2.40. The summed E-state index contributed by atoms with van der Waals surface area (Å²) in [5.74, 6) is 0.189. The van der Waals surface area contributed by atoms with E-state index in [0.29, 0.717) is 70.0 Å². The molecule has 25 heavy (non-hydrogen) atoms. The van der Waals surface area contributed by atoms with Crippen molar-refractivity contribution in [3.05, 3.63) is 23.8 Å². The second-order valence-corrected chi connectivity index (χ2v) is 6.64. The number of nitrogens with zero attached hydrogens (tertiary/aromatic N) is 1. The standard InChI is InChI=1S/C18H22N2O5/c21-16-3-8-23-15-2-1-13(11-14(15)19-16)12-17(22)20-6-4-18(5-7-20)24-9-10-25-18/h1-2,11H,3-10,12H2,(H,19,21). The summed E-state index contributed by atoms with van der Waals surface area (Å²) >= 11 is 0. The Morgan fingerprint density at radius 1 is 1.16 bits per heavy atom. The molecule has 0 saturated carbocycles. The van der Waals surface area contributed by atoms with E-state index in [0.717, 1.165) is 5.56 Å². The Kier molecular flexibility index (Phi) is 4.35. The highest BCUT2D eigenvalue weighted by molar-refractivity contribution is 5.93. The molecule has 3 aliphatic heterocycles. The van der Waals surface area contributed by atoms with Crippen LogP contribution in [-0.2, 0) is 25.5 Å². The van der Waals surface area contributed by atoms with E-state index in [-0.39, 0.29) is 11.8 Å². The summed E-state index contributed by atoms with van der Waals surface area (Å²) in [6.45, 7) is 2.93. The number of piperidine rings is 1. The lowest BCUT2D eigenvalue weighted by Gasteiger charge is -2.37. The second-order valence-electron chi connectivity index (χ2n) is 6.64. The van der Waals surface area contributed by atoms with Crippen molar-refractivity contribution in [2.75, 3.05) is 38.2 Å². The molecule has 0 radical (unpaired) electrons. The van der Waals surface area contributed by atoms with Gasteiger partial charge in [0.25, 0.3) is 0 Å². The Labute approximate surface area is 146 Å². The quantitative estimate of drug-likeness (QED) is 0.874. The molecule has 0 aromatic heterocycles. The summed E-state index contributed by atoms with van der Waals surface area (Å²) in [7, 11) is 0. The first-order chi connectivity index (χ1) is 12.1. The molecule has 2 saturated heterocycles.